The molecule has 0 saturated heterocycles. The molecule has 17 heavy (non-hydrogen) atoms. The van der Waals surface area contributed by atoms with Gasteiger partial charge in [-0.3, -0.25) is 0 Å². The Hall–Kier alpha value is -0.820. The minimum Gasteiger partial charge on any atom is -0.313 e. The van der Waals surface area contributed by atoms with Crippen molar-refractivity contribution in [2.75, 3.05) is 6.54 Å². The molecule has 1 fully saturated rings. The second kappa shape index (κ2) is 5.22. The third-order valence-corrected chi connectivity index (χ3v) is 3.97. The normalized spacial score (nSPS) is 17.5. The summed E-state index contributed by atoms with van der Waals surface area (Å²) in [5.74, 6) is 1.35. The van der Waals surface area contributed by atoms with Crippen LogP contribution in [-0.4, -0.2) is 12.6 Å². The van der Waals surface area contributed by atoms with Gasteiger partial charge in [0.25, 0.3) is 0 Å². The van der Waals surface area contributed by atoms with Crippen LogP contribution >= 0.6 is 0 Å². The maximum Gasteiger partial charge on any atom is 0.00684 e. The Morgan fingerprint density at radius 2 is 1.88 bits per heavy atom. The summed E-state index contributed by atoms with van der Waals surface area (Å²) in [6.07, 6.45) is 2.75. The SMILES string of the molecule is Cc1ccc(C(CNC2CC2)C(C)C)cc1C. The fraction of sp³-hybridized carbons (Fsp3) is 0.625. The molecule has 1 aromatic carbocycles. The molecular formula is C16H25N. The smallest absolute Gasteiger partial charge is 0.00684 e. The first kappa shape index (κ1) is 12.6. The van der Waals surface area contributed by atoms with Crippen molar-refractivity contribution in [3.63, 3.8) is 0 Å². The number of hydrogen-bond acceptors (Lipinski definition) is 1. The summed E-state index contributed by atoms with van der Waals surface area (Å²) in [5.41, 5.74) is 4.31. The van der Waals surface area contributed by atoms with Crippen LogP contribution in [0.2, 0.25) is 0 Å². The van der Waals surface area contributed by atoms with Crippen LogP contribution in [0.25, 0.3) is 0 Å². The van der Waals surface area contributed by atoms with E-state index in [0.717, 1.165) is 12.6 Å². The van der Waals surface area contributed by atoms with Gasteiger partial charge in [-0.15, -0.1) is 0 Å². The lowest BCUT2D eigenvalue weighted by Crippen LogP contribution is -2.26. The Morgan fingerprint density at radius 3 is 2.41 bits per heavy atom. The van der Waals surface area contributed by atoms with Crippen LogP contribution in [0.4, 0.5) is 0 Å². The Morgan fingerprint density at radius 1 is 1.18 bits per heavy atom. The Labute approximate surface area is 106 Å². The van der Waals surface area contributed by atoms with Crippen LogP contribution in [0.1, 0.15) is 49.3 Å². The number of benzene rings is 1. The molecule has 2 rings (SSSR count). The van der Waals surface area contributed by atoms with Gasteiger partial charge in [-0.05, 0) is 55.2 Å². The van der Waals surface area contributed by atoms with Gasteiger partial charge in [-0.2, -0.15) is 0 Å². The molecule has 0 amide bonds. The molecule has 0 bridgehead atoms. The molecule has 1 aliphatic carbocycles. The van der Waals surface area contributed by atoms with Gasteiger partial charge < -0.3 is 5.32 Å². The van der Waals surface area contributed by atoms with E-state index in [9.17, 15) is 0 Å². The number of nitrogens with one attached hydrogen (secondary N) is 1. The molecule has 1 atom stereocenters. The molecule has 0 spiro atoms. The van der Waals surface area contributed by atoms with Gasteiger partial charge in [0.15, 0.2) is 0 Å². The van der Waals surface area contributed by atoms with Crippen LogP contribution in [0.15, 0.2) is 18.2 Å². The van der Waals surface area contributed by atoms with Gasteiger partial charge in [0.2, 0.25) is 0 Å². The second-order valence-electron chi connectivity index (χ2n) is 5.88. The van der Waals surface area contributed by atoms with Crippen LogP contribution in [-0.2, 0) is 0 Å². The van der Waals surface area contributed by atoms with Gasteiger partial charge in [-0.1, -0.05) is 32.0 Å². The van der Waals surface area contributed by atoms with E-state index < -0.39 is 0 Å². The van der Waals surface area contributed by atoms with Crippen molar-refractivity contribution < 1.29 is 0 Å². The molecular weight excluding hydrogens is 206 g/mol. The van der Waals surface area contributed by atoms with Crippen LogP contribution in [0, 0.1) is 19.8 Å². The Balaban J connectivity index is 2.09. The molecule has 1 heteroatoms. The van der Waals surface area contributed by atoms with Gasteiger partial charge in [0.1, 0.15) is 0 Å². The minimum atomic E-state index is 0.648. The molecule has 1 aromatic rings. The molecule has 0 heterocycles. The summed E-state index contributed by atoms with van der Waals surface area (Å²) in [6.45, 7) is 10.2. The number of hydrogen-bond donors (Lipinski definition) is 1. The Bertz CT molecular complexity index is 377. The average molecular weight is 231 g/mol. The lowest BCUT2D eigenvalue weighted by atomic mass is 9.87. The van der Waals surface area contributed by atoms with E-state index in [4.69, 9.17) is 0 Å². The van der Waals surface area contributed by atoms with Crippen LogP contribution < -0.4 is 5.32 Å². The molecule has 1 unspecified atom stereocenters. The first-order chi connectivity index (χ1) is 8.08. The lowest BCUT2D eigenvalue weighted by molar-refractivity contribution is 0.460. The maximum absolute atomic E-state index is 3.67. The predicted molar refractivity (Wildman–Crippen MR) is 74.5 cm³/mol. The lowest BCUT2D eigenvalue weighted by Gasteiger charge is -2.22. The average Bonchev–Trinajstić information content (AvgIpc) is 3.07. The fourth-order valence-corrected chi connectivity index (χ4v) is 2.31. The van der Waals surface area contributed by atoms with Crippen molar-refractivity contribution in [2.24, 2.45) is 5.92 Å². The molecule has 0 radical (unpaired) electrons. The largest absolute Gasteiger partial charge is 0.313 e. The summed E-state index contributed by atoms with van der Waals surface area (Å²) in [6, 6.07) is 7.75. The molecule has 1 aliphatic rings. The minimum absolute atomic E-state index is 0.648. The van der Waals surface area contributed by atoms with Gasteiger partial charge >= 0.3 is 0 Å². The van der Waals surface area contributed by atoms with E-state index in [1.807, 2.05) is 0 Å². The highest BCUT2D eigenvalue weighted by Gasteiger charge is 2.23. The summed E-state index contributed by atoms with van der Waals surface area (Å²) in [7, 11) is 0. The predicted octanol–water partition coefficient (Wildman–Crippen LogP) is 3.80. The van der Waals surface area contributed by atoms with E-state index in [2.05, 4.69) is 51.2 Å². The van der Waals surface area contributed by atoms with Gasteiger partial charge in [0, 0.05) is 12.6 Å². The van der Waals surface area contributed by atoms with Crippen molar-refractivity contribution >= 4 is 0 Å². The summed E-state index contributed by atoms with van der Waals surface area (Å²) in [4.78, 5) is 0. The van der Waals surface area contributed by atoms with Crippen molar-refractivity contribution in [3.8, 4) is 0 Å². The number of rotatable bonds is 5. The molecule has 0 aromatic heterocycles. The summed E-state index contributed by atoms with van der Waals surface area (Å²) in [5, 5.41) is 3.67. The standard InChI is InChI=1S/C16H25N/c1-11(2)16(10-17-15-7-8-15)14-6-5-12(3)13(4)9-14/h5-6,9,11,15-17H,7-8,10H2,1-4H3. The van der Waals surface area contributed by atoms with Crippen molar-refractivity contribution in [1.82, 2.24) is 5.32 Å². The van der Waals surface area contributed by atoms with Crippen LogP contribution in [0.3, 0.4) is 0 Å². The molecule has 94 valence electrons. The van der Waals surface area contributed by atoms with Crippen molar-refractivity contribution in [3.05, 3.63) is 34.9 Å². The highest BCUT2D eigenvalue weighted by atomic mass is 14.9. The van der Waals surface area contributed by atoms with Crippen molar-refractivity contribution in [2.45, 2.75) is 52.5 Å². The highest BCUT2D eigenvalue weighted by Crippen LogP contribution is 2.27. The molecule has 0 aliphatic heterocycles. The first-order valence-corrected chi connectivity index (χ1v) is 6.88. The topological polar surface area (TPSA) is 12.0 Å². The summed E-state index contributed by atoms with van der Waals surface area (Å²) >= 11 is 0. The molecule has 1 saturated carbocycles. The van der Waals surface area contributed by atoms with Crippen molar-refractivity contribution in [1.29, 1.82) is 0 Å². The molecule has 1 nitrogen and oxygen atoms in total. The zero-order valence-electron chi connectivity index (χ0n) is 11.6. The molecule has 1 N–H and O–H groups in total. The van der Waals surface area contributed by atoms with Gasteiger partial charge in [-0.25, -0.2) is 0 Å². The third-order valence-electron chi connectivity index (χ3n) is 3.97. The number of aryl methyl sites for hydroxylation is 2. The van der Waals surface area contributed by atoms with E-state index in [-0.39, 0.29) is 0 Å². The third kappa shape index (κ3) is 3.32. The van der Waals surface area contributed by atoms with E-state index in [0.29, 0.717) is 11.8 Å². The Kier molecular flexibility index (Phi) is 3.88. The van der Waals surface area contributed by atoms with Crippen LogP contribution in [0.5, 0.6) is 0 Å². The van der Waals surface area contributed by atoms with E-state index >= 15 is 0 Å². The second-order valence-corrected chi connectivity index (χ2v) is 5.88. The monoisotopic (exact) mass is 231 g/mol. The first-order valence-electron chi connectivity index (χ1n) is 6.88. The zero-order valence-corrected chi connectivity index (χ0v) is 11.6. The maximum atomic E-state index is 3.67. The van der Waals surface area contributed by atoms with E-state index in [1.165, 1.54) is 29.5 Å². The van der Waals surface area contributed by atoms with Gasteiger partial charge in [0.05, 0.1) is 0 Å². The zero-order chi connectivity index (χ0) is 12.4. The van der Waals surface area contributed by atoms with E-state index in [1.54, 1.807) is 0 Å². The fourth-order valence-electron chi connectivity index (χ4n) is 2.31. The summed E-state index contributed by atoms with van der Waals surface area (Å²) < 4.78 is 0. The highest BCUT2D eigenvalue weighted by molar-refractivity contribution is 5.32. The quantitative estimate of drug-likeness (QED) is 0.813.